The van der Waals surface area contributed by atoms with E-state index in [9.17, 15) is 0 Å². The Hall–Kier alpha value is -1.88. The molecule has 1 heterocycles. The van der Waals surface area contributed by atoms with Crippen molar-refractivity contribution < 1.29 is 9.26 Å². The van der Waals surface area contributed by atoms with Crippen molar-refractivity contribution in [3.63, 3.8) is 0 Å². The van der Waals surface area contributed by atoms with Crippen molar-refractivity contribution in [1.82, 2.24) is 10.1 Å². The fraction of sp³-hybridized carbons (Fsp3) is 0.385. The maximum atomic E-state index is 5.68. The molecule has 0 aliphatic rings. The zero-order valence-corrected chi connectivity index (χ0v) is 10.6. The number of methoxy groups -OCH3 is 1. The molecule has 0 fully saturated rings. The minimum atomic E-state index is 0.0271. The molecule has 5 heteroatoms. The number of aromatic nitrogens is 2. The second-order valence-electron chi connectivity index (χ2n) is 4.31. The molecule has 1 atom stereocenters. The van der Waals surface area contributed by atoms with Crippen LogP contribution < -0.4 is 10.5 Å². The largest absolute Gasteiger partial charge is 0.497 e. The number of hydrogen-bond acceptors (Lipinski definition) is 5. The summed E-state index contributed by atoms with van der Waals surface area (Å²) in [5, 5.41) is 3.93. The Morgan fingerprint density at radius 1 is 1.33 bits per heavy atom. The highest BCUT2D eigenvalue weighted by atomic mass is 16.5. The fourth-order valence-electron chi connectivity index (χ4n) is 1.65. The van der Waals surface area contributed by atoms with Crippen molar-refractivity contribution in [1.29, 1.82) is 0 Å². The van der Waals surface area contributed by atoms with Gasteiger partial charge in [-0.25, -0.2) is 0 Å². The van der Waals surface area contributed by atoms with Gasteiger partial charge < -0.3 is 15.0 Å². The van der Waals surface area contributed by atoms with Crippen LogP contribution in [-0.2, 0) is 12.8 Å². The van der Waals surface area contributed by atoms with Gasteiger partial charge in [0.25, 0.3) is 0 Å². The van der Waals surface area contributed by atoms with Crippen molar-refractivity contribution in [2.24, 2.45) is 5.73 Å². The average Bonchev–Trinajstić information content (AvgIpc) is 2.76. The highest BCUT2D eigenvalue weighted by Gasteiger charge is 2.08. The predicted octanol–water partition coefficient (Wildman–Crippen LogP) is 1.56. The summed E-state index contributed by atoms with van der Waals surface area (Å²) in [5.41, 5.74) is 6.79. The first-order valence-electron chi connectivity index (χ1n) is 5.87. The van der Waals surface area contributed by atoms with Gasteiger partial charge in [0.15, 0.2) is 5.82 Å². The minimum Gasteiger partial charge on any atom is -0.497 e. The summed E-state index contributed by atoms with van der Waals surface area (Å²) in [6.07, 6.45) is 1.25. The summed E-state index contributed by atoms with van der Waals surface area (Å²) >= 11 is 0. The molecule has 0 radical (unpaired) electrons. The molecule has 0 saturated heterocycles. The smallest absolute Gasteiger partial charge is 0.228 e. The van der Waals surface area contributed by atoms with Gasteiger partial charge in [0.2, 0.25) is 5.89 Å². The molecule has 2 aromatic rings. The lowest BCUT2D eigenvalue weighted by atomic mass is 10.1. The molecule has 0 aliphatic heterocycles. The molecule has 0 amide bonds. The van der Waals surface area contributed by atoms with Gasteiger partial charge in [-0.1, -0.05) is 17.3 Å². The summed E-state index contributed by atoms with van der Waals surface area (Å²) in [5.74, 6) is 2.11. The average molecular weight is 247 g/mol. The SMILES string of the molecule is COc1ccc(Cc2noc(CC(C)N)n2)cc1. The minimum absolute atomic E-state index is 0.0271. The molecule has 18 heavy (non-hydrogen) atoms. The molecule has 1 aromatic carbocycles. The van der Waals surface area contributed by atoms with E-state index in [1.165, 1.54) is 0 Å². The summed E-state index contributed by atoms with van der Waals surface area (Å²) < 4.78 is 10.2. The number of hydrogen-bond donors (Lipinski definition) is 1. The first-order valence-corrected chi connectivity index (χ1v) is 5.87. The quantitative estimate of drug-likeness (QED) is 0.867. The Kier molecular flexibility index (Phi) is 3.94. The number of nitrogens with zero attached hydrogens (tertiary/aromatic N) is 2. The van der Waals surface area contributed by atoms with Gasteiger partial charge in [0.05, 0.1) is 7.11 Å². The van der Waals surface area contributed by atoms with Crippen LogP contribution in [0.15, 0.2) is 28.8 Å². The van der Waals surface area contributed by atoms with Gasteiger partial charge >= 0.3 is 0 Å². The Morgan fingerprint density at radius 2 is 2.06 bits per heavy atom. The molecule has 1 unspecified atom stereocenters. The van der Waals surface area contributed by atoms with Gasteiger partial charge in [0.1, 0.15) is 5.75 Å². The van der Waals surface area contributed by atoms with Gasteiger partial charge in [-0.2, -0.15) is 4.98 Å². The van der Waals surface area contributed by atoms with Crippen molar-refractivity contribution in [3.05, 3.63) is 41.5 Å². The van der Waals surface area contributed by atoms with E-state index >= 15 is 0 Å². The Morgan fingerprint density at radius 3 is 2.67 bits per heavy atom. The van der Waals surface area contributed by atoms with Crippen LogP contribution >= 0.6 is 0 Å². The standard InChI is InChI=1S/C13H17N3O2/c1-9(14)7-13-15-12(16-18-13)8-10-3-5-11(17-2)6-4-10/h3-6,9H,7-8,14H2,1-2H3. The van der Waals surface area contributed by atoms with Crippen LogP contribution in [0.3, 0.4) is 0 Å². The highest BCUT2D eigenvalue weighted by molar-refractivity contribution is 5.28. The third-order valence-corrected chi connectivity index (χ3v) is 2.53. The normalized spacial score (nSPS) is 12.4. The molecule has 2 N–H and O–H groups in total. The highest BCUT2D eigenvalue weighted by Crippen LogP contribution is 2.13. The van der Waals surface area contributed by atoms with Crippen molar-refractivity contribution in [2.75, 3.05) is 7.11 Å². The molecule has 0 aliphatic carbocycles. The number of benzene rings is 1. The van der Waals surface area contributed by atoms with Crippen LogP contribution in [0.25, 0.3) is 0 Å². The number of nitrogens with two attached hydrogens (primary N) is 1. The molecular formula is C13H17N3O2. The maximum absolute atomic E-state index is 5.68. The van der Waals surface area contributed by atoms with Crippen LogP contribution in [0.4, 0.5) is 0 Å². The summed E-state index contributed by atoms with van der Waals surface area (Å²) in [7, 11) is 1.65. The van der Waals surface area contributed by atoms with Crippen LogP contribution in [0.2, 0.25) is 0 Å². The lowest BCUT2D eigenvalue weighted by Gasteiger charge is -2.00. The molecule has 5 nitrogen and oxygen atoms in total. The first kappa shape index (κ1) is 12.6. The lowest BCUT2D eigenvalue weighted by molar-refractivity contribution is 0.367. The van der Waals surface area contributed by atoms with E-state index in [0.29, 0.717) is 24.6 Å². The molecule has 1 aromatic heterocycles. The van der Waals surface area contributed by atoms with Gasteiger partial charge in [-0.15, -0.1) is 0 Å². The second-order valence-corrected chi connectivity index (χ2v) is 4.31. The van der Waals surface area contributed by atoms with Crippen molar-refractivity contribution in [3.8, 4) is 5.75 Å². The monoisotopic (exact) mass is 247 g/mol. The third kappa shape index (κ3) is 3.30. The zero-order valence-electron chi connectivity index (χ0n) is 10.6. The molecule has 0 saturated carbocycles. The van der Waals surface area contributed by atoms with Crippen LogP contribution in [0.1, 0.15) is 24.2 Å². The van der Waals surface area contributed by atoms with Gasteiger partial charge in [-0.05, 0) is 24.6 Å². The van der Waals surface area contributed by atoms with Crippen LogP contribution in [-0.4, -0.2) is 23.3 Å². The van der Waals surface area contributed by atoms with Crippen LogP contribution in [0, 0.1) is 0 Å². The topological polar surface area (TPSA) is 74.2 Å². The predicted molar refractivity (Wildman–Crippen MR) is 67.5 cm³/mol. The van der Waals surface area contributed by atoms with E-state index in [-0.39, 0.29) is 6.04 Å². The van der Waals surface area contributed by atoms with E-state index in [1.54, 1.807) is 7.11 Å². The molecule has 96 valence electrons. The first-order chi connectivity index (χ1) is 8.67. The van der Waals surface area contributed by atoms with Crippen molar-refractivity contribution >= 4 is 0 Å². The Balaban J connectivity index is 2.01. The third-order valence-electron chi connectivity index (χ3n) is 2.53. The van der Waals surface area contributed by atoms with Gasteiger partial charge in [-0.3, -0.25) is 0 Å². The second kappa shape index (κ2) is 5.64. The zero-order chi connectivity index (χ0) is 13.0. The molecule has 0 spiro atoms. The lowest BCUT2D eigenvalue weighted by Crippen LogP contribution is -2.17. The maximum Gasteiger partial charge on any atom is 0.228 e. The Labute approximate surface area is 106 Å². The van der Waals surface area contributed by atoms with Crippen LogP contribution in [0.5, 0.6) is 5.75 Å². The molecule has 2 rings (SSSR count). The summed E-state index contributed by atoms with van der Waals surface area (Å²) in [4.78, 5) is 4.30. The van der Waals surface area contributed by atoms with Gasteiger partial charge in [0, 0.05) is 18.9 Å². The van der Waals surface area contributed by atoms with E-state index in [2.05, 4.69) is 10.1 Å². The van der Waals surface area contributed by atoms with E-state index < -0.39 is 0 Å². The molecule has 0 bridgehead atoms. The van der Waals surface area contributed by atoms with Crippen molar-refractivity contribution in [2.45, 2.75) is 25.8 Å². The number of ether oxygens (including phenoxy) is 1. The number of rotatable bonds is 5. The van der Waals surface area contributed by atoms with E-state index in [0.717, 1.165) is 11.3 Å². The molecular weight excluding hydrogens is 230 g/mol. The summed E-state index contributed by atoms with van der Waals surface area (Å²) in [6.45, 7) is 1.91. The van der Waals surface area contributed by atoms with E-state index in [4.69, 9.17) is 15.0 Å². The summed E-state index contributed by atoms with van der Waals surface area (Å²) in [6, 6.07) is 7.83. The fourth-order valence-corrected chi connectivity index (χ4v) is 1.65. The Bertz CT molecular complexity index is 491. The van der Waals surface area contributed by atoms with E-state index in [1.807, 2.05) is 31.2 Å².